The number of halogens is 1. The first-order valence-electron chi connectivity index (χ1n) is 6.70. The maximum atomic E-state index is 12.3. The Morgan fingerprint density at radius 2 is 2.15 bits per heavy atom. The van der Waals surface area contributed by atoms with Gasteiger partial charge in [0.25, 0.3) is 0 Å². The molecule has 110 valence electrons. The highest BCUT2D eigenvalue weighted by molar-refractivity contribution is 9.10. The maximum absolute atomic E-state index is 12.3. The fraction of sp³-hybridized carbons (Fsp3) is 0.533. The molecule has 1 aromatic rings. The van der Waals surface area contributed by atoms with Crippen LogP contribution in [0.4, 0.5) is 0 Å². The number of hydrogen-bond donors (Lipinski definition) is 1. The number of carbonyl (C=O) groups is 1. The smallest absolute Gasteiger partial charge is 0.226 e. The number of rotatable bonds is 6. The van der Waals surface area contributed by atoms with E-state index in [2.05, 4.69) is 28.1 Å². The Bertz CT molecular complexity index is 463. The van der Waals surface area contributed by atoms with E-state index < -0.39 is 6.10 Å². The predicted octanol–water partition coefficient (Wildman–Crippen LogP) is 2.02. The molecule has 1 aliphatic carbocycles. The number of benzene rings is 1. The van der Waals surface area contributed by atoms with E-state index in [0.29, 0.717) is 12.5 Å². The molecular weight excluding hydrogens is 322 g/mol. The average molecular weight is 342 g/mol. The molecule has 1 N–H and O–H groups in total. The highest BCUT2D eigenvalue weighted by Crippen LogP contribution is 2.48. The molecule has 0 aromatic heterocycles. The van der Waals surface area contributed by atoms with Gasteiger partial charge < -0.3 is 14.7 Å². The average Bonchev–Trinajstić information content (AvgIpc) is 3.19. The summed E-state index contributed by atoms with van der Waals surface area (Å²) in [5.74, 6) is 0.474. The van der Waals surface area contributed by atoms with Crippen molar-refractivity contribution in [1.82, 2.24) is 4.90 Å². The molecule has 1 amide bonds. The lowest BCUT2D eigenvalue weighted by atomic mass is 10.1. The Morgan fingerprint density at radius 3 is 2.75 bits per heavy atom. The first kappa shape index (κ1) is 15.5. The molecule has 0 saturated heterocycles. The van der Waals surface area contributed by atoms with Gasteiger partial charge >= 0.3 is 0 Å². The van der Waals surface area contributed by atoms with Gasteiger partial charge in [0.05, 0.1) is 12.7 Å². The molecule has 1 aromatic carbocycles. The highest BCUT2D eigenvalue weighted by Gasteiger charge is 2.45. The van der Waals surface area contributed by atoms with Gasteiger partial charge in [-0.1, -0.05) is 28.1 Å². The van der Waals surface area contributed by atoms with E-state index in [1.807, 2.05) is 12.1 Å². The lowest BCUT2D eigenvalue weighted by molar-refractivity contribution is -0.133. The first-order chi connectivity index (χ1) is 9.52. The van der Waals surface area contributed by atoms with Gasteiger partial charge in [0, 0.05) is 31.1 Å². The Balaban J connectivity index is 1.87. The number of likely N-dealkylation sites (N-methyl/N-ethyl adjacent to an activating group) is 1. The molecule has 0 radical (unpaired) electrons. The minimum Gasteiger partial charge on any atom is -0.389 e. The monoisotopic (exact) mass is 341 g/mol. The molecule has 2 rings (SSSR count). The van der Waals surface area contributed by atoms with Gasteiger partial charge in [0.2, 0.25) is 5.91 Å². The third kappa shape index (κ3) is 3.81. The molecule has 0 spiro atoms. The maximum Gasteiger partial charge on any atom is 0.226 e. The molecule has 0 aliphatic heterocycles. The zero-order valence-corrected chi connectivity index (χ0v) is 13.3. The van der Waals surface area contributed by atoms with Crippen molar-refractivity contribution in [2.45, 2.75) is 18.4 Å². The molecule has 4 nitrogen and oxygen atoms in total. The van der Waals surface area contributed by atoms with Gasteiger partial charge in [-0.05, 0) is 30.0 Å². The fourth-order valence-corrected chi connectivity index (χ4v) is 2.74. The zero-order chi connectivity index (χ0) is 14.7. The van der Waals surface area contributed by atoms with E-state index in [4.69, 9.17) is 4.74 Å². The topological polar surface area (TPSA) is 49.8 Å². The largest absolute Gasteiger partial charge is 0.389 e. The zero-order valence-electron chi connectivity index (χ0n) is 11.8. The van der Waals surface area contributed by atoms with Gasteiger partial charge in [-0.15, -0.1) is 0 Å². The molecule has 0 bridgehead atoms. The first-order valence-corrected chi connectivity index (χ1v) is 7.49. The molecule has 5 heteroatoms. The summed E-state index contributed by atoms with van der Waals surface area (Å²) in [4.78, 5) is 13.9. The number of hydrogen-bond acceptors (Lipinski definition) is 3. The summed E-state index contributed by atoms with van der Waals surface area (Å²) in [6.45, 7) is 0.564. The van der Waals surface area contributed by atoms with Crippen LogP contribution in [0, 0.1) is 5.92 Å². The SMILES string of the molecule is COCC(O)CN(C)C(=O)C1CC1c1ccc(Br)cc1. The van der Waals surface area contributed by atoms with Gasteiger partial charge in [-0.2, -0.15) is 0 Å². The van der Waals surface area contributed by atoms with E-state index in [1.54, 1.807) is 11.9 Å². The third-order valence-corrected chi connectivity index (χ3v) is 4.15. The van der Waals surface area contributed by atoms with Crippen LogP contribution in [0.3, 0.4) is 0 Å². The summed E-state index contributed by atoms with van der Waals surface area (Å²) in [6, 6.07) is 8.12. The van der Waals surface area contributed by atoms with Gasteiger partial charge in [0.1, 0.15) is 0 Å². The van der Waals surface area contributed by atoms with Crippen LogP contribution in [-0.2, 0) is 9.53 Å². The highest BCUT2D eigenvalue weighted by atomic mass is 79.9. The van der Waals surface area contributed by atoms with Crippen molar-refractivity contribution in [3.63, 3.8) is 0 Å². The van der Waals surface area contributed by atoms with Crippen LogP contribution in [-0.4, -0.2) is 49.3 Å². The summed E-state index contributed by atoms with van der Waals surface area (Å²) in [6.07, 6.45) is 0.268. The van der Waals surface area contributed by atoms with Crippen molar-refractivity contribution in [1.29, 1.82) is 0 Å². The Hall–Kier alpha value is -0.910. The van der Waals surface area contributed by atoms with Gasteiger partial charge in [-0.25, -0.2) is 0 Å². The number of carbonyl (C=O) groups excluding carboxylic acids is 1. The van der Waals surface area contributed by atoms with E-state index in [9.17, 15) is 9.90 Å². The summed E-state index contributed by atoms with van der Waals surface area (Å²) in [7, 11) is 3.27. The number of ether oxygens (including phenoxy) is 1. The summed E-state index contributed by atoms with van der Waals surface area (Å²) < 4.78 is 5.92. The van der Waals surface area contributed by atoms with Crippen molar-refractivity contribution in [3.8, 4) is 0 Å². The normalized spacial score (nSPS) is 22.4. The lowest BCUT2D eigenvalue weighted by Crippen LogP contribution is -2.37. The summed E-state index contributed by atoms with van der Waals surface area (Å²) in [5, 5.41) is 9.66. The van der Waals surface area contributed by atoms with Crippen LogP contribution in [0.25, 0.3) is 0 Å². The number of aliphatic hydroxyl groups excluding tert-OH is 1. The Morgan fingerprint density at radius 1 is 1.50 bits per heavy atom. The lowest BCUT2D eigenvalue weighted by Gasteiger charge is -2.20. The molecule has 1 saturated carbocycles. The summed E-state index contributed by atoms with van der Waals surface area (Å²) >= 11 is 3.41. The number of amides is 1. The Labute approximate surface area is 127 Å². The van der Waals surface area contributed by atoms with E-state index in [1.165, 1.54) is 12.7 Å². The van der Waals surface area contributed by atoms with Crippen LogP contribution >= 0.6 is 15.9 Å². The minimum absolute atomic E-state index is 0.0518. The third-order valence-electron chi connectivity index (χ3n) is 3.63. The fourth-order valence-electron chi connectivity index (χ4n) is 2.48. The molecule has 1 fully saturated rings. The second-order valence-electron chi connectivity index (χ2n) is 5.33. The number of methoxy groups -OCH3 is 1. The van der Waals surface area contributed by atoms with Gasteiger partial charge in [0.15, 0.2) is 0 Å². The van der Waals surface area contributed by atoms with Crippen LogP contribution in [0.1, 0.15) is 17.9 Å². The second-order valence-corrected chi connectivity index (χ2v) is 6.24. The standard InChI is InChI=1S/C15H20BrNO3/c1-17(8-12(18)9-20-2)15(19)14-7-13(14)10-3-5-11(16)6-4-10/h3-6,12-14,18H,7-9H2,1-2H3. The van der Waals surface area contributed by atoms with Crippen molar-refractivity contribution < 1.29 is 14.6 Å². The van der Waals surface area contributed by atoms with Crippen LogP contribution in [0.5, 0.6) is 0 Å². The predicted molar refractivity (Wildman–Crippen MR) is 80.5 cm³/mol. The molecule has 0 heterocycles. The molecule has 1 aliphatic rings. The van der Waals surface area contributed by atoms with Gasteiger partial charge in [-0.3, -0.25) is 4.79 Å². The van der Waals surface area contributed by atoms with Crippen LogP contribution in [0.2, 0.25) is 0 Å². The second kappa shape index (κ2) is 6.70. The van der Waals surface area contributed by atoms with Crippen molar-refractivity contribution in [3.05, 3.63) is 34.3 Å². The van der Waals surface area contributed by atoms with Crippen molar-refractivity contribution >= 4 is 21.8 Å². The van der Waals surface area contributed by atoms with E-state index in [0.717, 1.165) is 10.9 Å². The van der Waals surface area contributed by atoms with Crippen LogP contribution in [0.15, 0.2) is 28.7 Å². The van der Waals surface area contributed by atoms with E-state index in [-0.39, 0.29) is 18.4 Å². The molecular formula is C15H20BrNO3. The molecule has 20 heavy (non-hydrogen) atoms. The quantitative estimate of drug-likeness (QED) is 0.861. The summed E-state index contributed by atoms with van der Waals surface area (Å²) in [5.41, 5.74) is 1.21. The Kier molecular flexibility index (Phi) is 5.18. The number of nitrogens with zero attached hydrogens (tertiary/aromatic N) is 1. The van der Waals surface area contributed by atoms with Crippen molar-refractivity contribution in [2.24, 2.45) is 5.92 Å². The molecule has 3 unspecified atom stereocenters. The van der Waals surface area contributed by atoms with Crippen molar-refractivity contribution in [2.75, 3.05) is 27.3 Å². The minimum atomic E-state index is -0.626. The number of aliphatic hydroxyl groups is 1. The van der Waals surface area contributed by atoms with Crippen LogP contribution < -0.4 is 0 Å². The molecule has 3 atom stereocenters. The van der Waals surface area contributed by atoms with E-state index >= 15 is 0 Å².